The smallest absolute Gasteiger partial charge is 0.250 e. The van der Waals surface area contributed by atoms with Gasteiger partial charge in [0.2, 0.25) is 0 Å². The average molecular weight is 410 g/mol. The standard InChI is InChI=1S/C21H13F3N4S/c1-28-20-18(19(27-28)12-5-3-2-4-6-12)14(21(22,23)24)10-15(26-20)13-7-8-17-16(9-13)25-11-29-17/h2-11H,1H3. The highest BCUT2D eigenvalue weighted by Gasteiger charge is 2.36. The molecule has 0 fully saturated rings. The Kier molecular flexibility index (Phi) is 3.92. The Balaban J connectivity index is 1.81. The summed E-state index contributed by atoms with van der Waals surface area (Å²) in [6.45, 7) is 0. The van der Waals surface area contributed by atoms with E-state index in [9.17, 15) is 13.2 Å². The molecule has 0 aliphatic rings. The summed E-state index contributed by atoms with van der Waals surface area (Å²) >= 11 is 1.48. The fourth-order valence-electron chi connectivity index (χ4n) is 3.43. The van der Waals surface area contributed by atoms with Crippen LogP contribution in [0, 0.1) is 0 Å². The molecule has 0 spiro atoms. The highest BCUT2D eigenvalue weighted by Crippen LogP contribution is 2.41. The predicted octanol–water partition coefficient (Wildman–Crippen LogP) is 5.93. The number of hydrogen-bond donors (Lipinski definition) is 0. The van der Waals surface area contributed by atoms with Crippen LogP contribution in [-0.4, -0.2) is 19.7 Å². The number of halogens is 3. The van der Waals surface area contributed by atoms with E-state index in [0.29, 0.717) is 11.1 Å². The van der Waals surface area contributed by atoms with E-state index in [1.54, 1.807) is 49.0 Å². The van der Waals surface area contributed by atoms with Crippen LogP contribution in [0.4, 0.5) is 13.2 Å². The third kappa shape index (κ3) is 2.96. The van der Waals surface area contributed by atoms with Crippen molar-refractivity contribution in [1.29, 1.82) is 0 Å². The van der Waals surface area contributed by atoms with E-state index in [0.717, 1.165) is 16.3 Å². The molecular formula is C21H13F3N4S. The monoisotopic (exact) mass is 410 g/mol. The summed E-state index contributed by atoms with van der Waals surface area (Å²) in [5.41, 5.74) is 3.58. The van der Waals surface area contributed by atoms with Gasteiger partial charge in [-0.25, -0.2) is 14.6 Å². The molecule has 0 N–H and O–H groups in total. The van der Waals surface area contributed by atoms with Crippen molar-refractivity contribution < 1.29 is 13.2 Å². The first-order valence-corrected chi connectivity index (χ1v) is 9.64. The molecule has 29 heavy (non-hydrogen) atoms. The van der Waals surface area contributed by atoms with Crippen LogP contribution in [0.15, 0.2) is 60.1 Å². The van der Waals surface area contributed by atoms with Crippen LogP contribution in [0.5, 0.6) is 0 Å². The minimum absolute atomic E-state index is 0.00434. The minimum atomic E-state index is -4.55. The molecule has 0 aliphatic carbocycles. The third-order valence-corrected chi connectivity index (χ3v) is 5.58. The predicted molar refractivity (Wildman–Crippen MR) is 108 cm³/mol. The molecule has 5 aromatic rings. The molecular weight excluding hydrogens is 397 g/mol. The topological polar surface area (TPSA) is 43.6 Å². The molecule has 0 bridgehead atoms. The van der Waals surface area contributed by atoms with Crippen LogP contribution in [0.1, 0.15) is 5.56 Å². The number of nitrogens with zero attached hydrogens (tertiary/aromatic N) is 4. The maximum Gasteiger partial charge on any atom is 0.417 e. The number of pyridine rings is 1. The fraction of sp³-hybridized carbons (Fsp3) is 0.0952. The maximum absolute atomic E-state index is 14.0. The zero-order chi connectivity index (χ0) is 20.2. The van der Waals surface area contributed by atoms with Crippen LogP contribution in [0.3, 0.4) is 0 Å². The first kappa shape index (κ1) is 17.8. The Morgan fingerprint density at radius 1 is 0.966 bits per heavy atom. The summed E-state index contributed by atoms with van der Waals surface area (Å²) in [6.07, 6.45) is -4.55. The Hall–Kier alpha value is -3.26. The summed E-state index contributed by atoms with van der Waals surface area (Å²) in [5, 5.41) is 4.36. The lowest BCUT2D eigenvalue weighted by Crippen LogP contribution is -2.07. The number of aryl methyl sites for hydroxylation is 1. The molecule has 0 amide bonds. The molecule has 0 unspecified atom stereocenters. The molecule has 0 saturated heterocycles. The summed E-state index contributed by atoms with van der Waals surface area (Å²) in [4.78, 5) is 8.78. The van der Waals surface area contributed by atoms with Crippen molar-refractivity contribution in [3.05, 3.63) is 65.7 Å². The van der Waals surface area contributed by atoms with Crippen molar-refractivity contribution in [2.45, 2.75) is 6.18 Å². The van der Waals surface area contributed by atoms with E-state index < -0.39 is 11.7 Å². The van der Waals surface area contributed by atoms with Crippen molar-refractivity contribution in [3.8, 4) is 22.5 Å². The Morgan fingerprint density at radius 2 is 1.76 bits per heavy atom. The lowest BCUT2D eigenvalue weighted by molar-refractivity contribution is -0.136. The highest BCUT2D eigenvalue weighted by atomic mass is 32.1. The van der Waals surface area contributed by atoms with Gasteiger partial charge < -0.3 is 0 Å². The first-order chi connectivity index (χ1) is 13.9. The minimum Gasteiger partial charge on any atom is -0.250 e. The van der Waals surface area contributed by atoms with Crippen LogP contribution in [0.25, 0.3) is 43.8 Å². The molecule has 4 nitrogen and oxygen atoms in total. The number of alkyl halides is 3. The molecule has 0 aliphatic heterocycles. The molecule has 3 heterocycles. The number of aromatic nitrogens is 4. The Bertz CT molecular complexity index is 1350. The number of rotatable bonds is 2. The molecule has 0 atom stereocenters. The normalized spacial score (nSPS) is 12.1. The molecule has 0 radical (unpaired) electrons. The van der Waals surface area contributed by atoms with Crippen molar-refractivity contribution in [1.82, 2.24) is 19.7 Å². The second-order valence-electron chi connectivity index (χ2n) is 6.62. The molecule has 8 heteroatoms. The van der Waals surface area contributed by atoms with Crippen LogP contribution >= 0.6 is 11.3 Å². The third-order valence-electron chi connectivity index (χ3n) is 4.77. The van der Waals surface area contributed by atoms with E-state index in [4.69, 9.17) is 0 Å². The SMILES string of the molecule is Cn1nc(-c2ccccc2)c2c(C(F)(F)F)cc(-c3ccc4scnc4c3)nc21. The van der Waals surface area contributed by atoms with Crippen LogP contribution in [0.2, 0.25) is 0 Å². The molecule has 3 aromatic heterocycles. The van der Waals surface area contributed by atoms with Crippen molar-refractivity contribution in [2.24, 2.45) is 7.05 Å². The fourth-order valence-corrected chi connectivity index (χ4v) is 4.09. The number of hydrogen-bond acceptors (Lipinski definition) is 4. The first-order valence-electron chi connectivity index (χ1n) is 8.76. The number of benzene rings is 2. The van der Waals surface area contributed by atoms with Gasteiger partial charge in [0, 0.05) is 18.2 Å². The van der Waals surface area contributed by atoms with Crippen molar-refractivity contribution in [2.75, 3.05) is 0 Å². The second kappa shape index (κ2) is 6.38. The second-order valence-corrected chi connectivity index (χ2v) is 7.51. The van der Waals surface area contributed by atoms with Gasteiger partial charge in [-0.05, 0) is 18.2 Å². The van der Waals surface area contributed by atoms with E-state index in [1.165, 1.54) is 16.0 Å². The van der Waals surface area contributed by atoms with Gasteiger partial charge in [-0.2, -0.15) is 18.3 Å². The van der Waals surface area contributed by atoms with Gasteiger partial charge in [0.25, 0.3) is 0 Å². The molecule has 2 aromatic carbocycles. The van der Waals surface area contributed by atoms with E-state index in [2.05, 4.69) is 15.1 Å². The zero-order valence-corrected chi connectivity index (χ0v) is 15.9. The highest BCUT2D eigenvalue weighted by molar-refractivity contribution is 7.16. The quantitative estimate of drug-likeness (QED) is 0.362. The summed E-state index contributed by atoms with van der Waals surface area (Å²) in [6, 6.07) is 15.3. The van der Waals surface area contributed by atoms with Crippen molar-refractivity contribution in [3.63, 3.8) is 0 Å². The van der Waals surface area contributed by atoms with Gasteiger partial charge >= 0.3 is 6.18 Å². The average Bonchev–Trinajstić information content (AvgIpc) is 3.31. The summed E-state index contributed by atoms with van der Waals surface area (Å²) < 4.78 is 44.5. The Morgan fingerprint density at radius 3 is 2.52 bits per heavy atom. The van der Waals surface area contributed by atoms with Crippen molar-refractivity contribution >= 4 is 32.6 Å². The summed E-state index contributed by atoms with van der Waals surface area (Å²) in [5.74, 6) is 0. The maximum atomic E-state index is 14.0. The van der Waals surface area contributed by atoms with Crippen LogP contribution in [-0.2, 0) is 13.2 Å². The summed E-state index contributed by atoms with van der Waals surface area (Å²) in [7, 11) is 1.61. The largest absolute Gasteiger partial charge is 0.417 e. The number of fused-ring (bicyclic) bond motifs is 2. The van der Waals surface area contributed by atoms with Gasteiger partial charge in [0.05, 0.1) is 32.4 Å². The van der Waals surface area contributed by atoms with Gasteiger partial charge in [-0.15, -0.1) is 11.3 Å². The van der Waals surface area contributed by atoms with E-state index in [-0.39, 0.29) is 22.4 Å². The van der Waals surface area contributed by atoms with Gasteiger partial charge in [0.1, 0.15) is 5.69 Å². The van der Waals surface area contributed by atoms with E-state index >= 15 is 0 Å². The number of thiazole rings is 1. The van der Waals surface area contributed by atoms with Gasteiger partial charge in [-0.1, -0.05) is 36.4 Å². The lowest BCUT2D eigenvalue weighted by Gasteiger charge is -2.12. The molecule has 5 rings (SSSR count). The Labute approximate surface area is 167 Å². The van der Waals surface area contributed by atoms with Crippen LogP contribution < -0.4 is 0 Å². The molecule has 0 saturated carbocycles. The van der Waals surface area contributed by atoms with Gasteiger partial charge in [0.15, 0.2) is 5.65 Å². The zero-order valence-electron chi connectivity index (χ0n) is 15.1. The van der Waals surface area contributed by atoms with E-state index in [1.807, 2.05) is 12.1 Å². The lowest BCUT2D eigenvalue weighted by atomic mass is 10.0. The van der Waals surface area contributed by atoms with Gasteiger partial charge in [-0.3, -0.25) is 0 Å². The molecule has 144 valence electrons.